The minimum atomic E-state index is 0.743. The largest absolute Gasteiger partial charge is 0.370 e. The van der Waals surface area contributed by atoms with Gasteiger partial charge in [-0.3, -0.25) is 0 Å². The molecule has 0 aliphatic heterocycles. The highest BCUT2D eigenvalue weighted by Crippen LogP contribution is 2.27. The Labute approximate surface area is 116 Å². The van der Waals surface area contributed by atoms with Gasteiger partial charge in [0, 0.05) is 22.5 Å². The van der Waals surface area contributed by atoms with E-state index in [4.69, 9.17) is 11.6 Å². The molecular weight excluding hydrogens is 266 g/mol. The standard InChI is InChI=1S/C13H14ClN3S/c1-2-7-15-12-8-13(17-9-16-12)18-11-5-3-10(14)4-6-11/h3-6,8-9H,2,7H2,1H3,(H,15,16,17). The second kappa shape index (κ2) is 6.61. The third-order valence-corrected chi connectivity index (χ3v) is 3.43. The summed E-state index contributed by atoms with van der Waals surface area (Å²) in [6.45, 7) is 3.04. The highest BCUT2D eigenvalue weighted by molar-refractivity contribution is 7.99. The number of aromatic nitrogens is 2. The van der Waals surface area contributed by atoms with Gasteiger partial charge in [0.25, 0.3) is 0 Å². The number of hydrogen-bond acceptors (Lipinski definition) is 4. The van der Waals surface area contributed by atoms with E-state index in [2.05, 4.69) is 22.2 Å². The van der Waals surface area contributed by atoms with Gasteiger partial charge in [0.2, 0.25) is 0 Å². The monoisotopic (exact) mass is 279 g/mol. The molecule has 1 aromatic heterocycles. The average Bonchev–Trinajstić information content (AvgIpc) is 2.40. The maximum Gasteiger partial charge on any atom is 0.130 e. The summed E-state index contributed by atoms with van der Waals surface area (Å²) >= 11 is 7.45. The van der Waals surface area contributed by atoms with Crippen LogP contribution in [0.4, 0.5) is 5.82 Å². The first-order valence-corrected chi connectivity index (χ1v) is 6.96. The summed E-state index contributed by atoms with van der Waals surface area (Å²) in [5, 5.41) is 4.91. The molecule has 0 saturated carbocycles. The lowest BCUT2D eigenvalue weighted by atomic mass is 10.4. The number of nitrogens with one attached hydrogen (secondary N) is 1. The summed E-state index contributed by atoms with van der Waals surface area (Å²) in [7, 11) is 0. The molecule has 5 heteroatoms. The quantitative estimate of drug-likeness (QED) is 0.836. The molecular formula is C13H14ClN3S. The summed E-state index contributed by atoms with van der Waals surface area (Å²) in [4.78, 5) is 9.53. The smallest absolute Gasteiger partial charge is 0.130 e. The Morgan fingerprint density at radius 3 is 2.72 bits per heavy atom. The van der Waals surface area contributed by atoms with Crippen LogP contribution in [-0.2, 0) is 0 Å². The van der Waals surface area contributed by atoms with E-state index < -0.39 is 0 Å². The molecule has 18 heavy (non-hydrogen) atoms. The topological polar surface area (TPSA) is 37.8 Å². The van der Waals surface area contributed by atoms with Gasteiger partial charge in [-0.05, 0) is 30.7 Å². The van der Waals surface area contributed by atoms with E-state index in [1.807, 2.05) is 30.3 Å². The van der Waals surface area contributed by atoms with Crippen molar-refractivity contribution in [3.63, 3.8) is 0 Å². The molecule has 0 aliphatic rings. The van der Waals surface area contributed by atoms with Crippen LogP contribution in [-0.4, -0.2) is 16.5 Å². The molecule has 1 heterocycles. The molecule has 0 bridgehead atoms. The maximum atomic E-state index is 5.85. The molecule has 94 valence electrons. The van der Waals surface area contributed by atoms with Crippen molar-refractivity contribution >= 4 is 29.2 Å². The normalized spacial score (nSPS) is 10.3. The first-order chi connectivity index (χ1) is 8.78. The van der Waals surface area contributed by atoms with E-state index in [-0.39, 0.29) is 0 Å². The van der Waals surface area contributed by atoms with Crippen molar-refractivity contribution < 1.29 is 0 Å². The Morgan fingerprint density at radius 1 is 1.22 bits per heavy atom. The Balaban J connectivity index is 2.06. The highest BCUT2D eigenvalue weighted by Gasteiger charge is 2.01. The molecule has 0 unspecified atom stereocenters. The van der Waals surface area contributed by atoms with Crippen LogP contribution in [0.3, 0.4) is 0 Å². The van der Waals surface area contributed by atoms with Crippen LogP contribution in [0.15, 0.2) is 46.6 Å². The van der Waals surface area contributed by atoms with Gasteiger partial charge in [-0.15, -0.1) is 0 Å². The van der Waals surface area contributed by atoms with E-state index in [9.17, 15) is 0 Å². The van der Waals surface area contributed by atoms with Crippen molar-refractivity contribution in [1.29, 1.82) is 0 Å². The van der Waals surface area contributed by atoms with Gasteiger partial charge in [0.1, 0.15) is 17.2 Å². The van der Waals surface area contributed by atoms with Crippen LogP contribution in [0.25, 0.3) is 0 Å². The predicted octanol–water partition coefficient (Wildman–Crippen LogP) is 4.10. The van der Waals surface area contributed by atoms with Gasteiger partial charge in [0.15, 0.2) is 0 Å². The Kier molecular flexibility index (Phi) is 4.84. The summed E-state index contributed by atoms with van der Waals surface area (Å²) in [6, 6.07) is 9.67. The molecule has 0 radical (unpaired) electrons. The second-order valence-corrected chi connectivity index (χ2v) is 5.25. The first-order valence-electron chi connectivity index (χ1n) is 5.77. The Bertz CT molecular complexity index is 502. The zero-order chi connectivity index (χ0) is 12.8. The molecule has 0 spiro atoms. The van der Waals surface area contributed by atoms with Crippen molar-refractivity contribution in [2.75, 3.05) is 11.9 Å². The van der Waals surface area contributed by atoms with Gasteiger partial charge in [0.05, 0.1) is 0 Å². The molecule has 2 aromatic rings. The van der Waals surface area contributed by atoms with E-state index in [1.165, 1.54) is 0 Å². The molecule has 3 nitrogen and oxygen atoms in total. The van der Waals surface area contributed by atoms with Crippen LogP contribution in [0.2, 0.25) is 5.02 Å². The summed E-state index contributed by atoms with van der Waals surface area (Å²) in [5.74, 6) is 0.864. The fraction of sp³-hybridized carbons (Fsp3) is 0.231. The Hall–Kier alpha value is -1.26. The number of anilines is 1. The molecule has 1 N–H and O–H groups in total. The zero-order valence-corrected chi connectivity index (χ0v) is 11.6. The molecule has 0 amide bonds. The van der Waals surface area contributed by atoms with E-state index >= 15 is 0 Å². The van der Waals surface area contributed by atoms with Crippen molar-refractivity contribution in [2.24, 2.45) is 0 Å². The van der Waals surface area contributed by atoms with Crippen LogP contribution < -0.4 is 5.32 Å². The van der Waals surface area contributed by atoms with Crippen molar-refractivity contribution in [3.05, 3.63) is 41.7 Å². The third-order valence-electron chi connectivity index (χ3n) is 2.23. The molecule has 0 aliphatic carbocycles. The van der Waals surface area contributed by atoms with E-state index in [1.54, 1.807) is 18.1 Å². The van der Waals surface area contributed by atoms with E-state index in [0.717, 1.165) is 33.7 Å². The SMILES string of the molecule is CCCNc1cc(Sc2ccc(Cl)cc2)ncn1. The van der Waals surface area contributed by atoms with Crippen molar-refractivity contribution in [2.45, 2.75) is 23.3 Å². The predicted molar refractivity (Wildman–Crippen MR) is 76.4 cm³/mol. The number of nitrogens with zero attached hydrogens (tertiary/aromatic N) is 2. The lowest BCUT2D eigenvalue weighted by molar-refractivity contribution is 0.953. The minimum Gasteiger partial charge on any atom is -0.370 e. The van der Waals surface area contributed by atoms with Gasteiger partial charge < -0.3 is 5.32 Å². The number of rotatable bonds is 5. The molecule has 0 saturated heterocycles. The molecule has 0 fully saturated rings. The molecule has 2 rings (SSSR count). The van der Waals surface area contributed by atoms with Crippen LogP contribution in [0.1, 0.15) is 13.3 Å². The van der Waals surface area contributed by atoms with Gasteiger partial charge in [-0.2, -0.15) is 0 Å². The lowest BCUT2D eigenvalue weighted by Crippen LogP contribution is -2.02. The third kappa shape index (κ3) is 3.89. The number of benzene rings is 1. The number of halogens is 1. The zero-order valence-electron chi connectivity index (χ0n) is 10.1. The van der Waals surface area contributed by atoms with Crippen molar-refractivity contribution in [3.8, 4) is 0 Å². The fourth-order valence-corrected chi connectivity index (χ4v) is 2.28. The lowest BCUT2D eigenvalue weighted by Gasteiger charge is -2.05. The van der Waals surface area contributed by atoms with Gasteiger partial charge in [-0.25, -0.2) is 9.97 Å². The van der Waals surface area contributed by atoms with Crippen LogP contribution in [0, 0.1) is 0 Å². The molecule has 1 aromatic carbocycles. The summed E-state index contributed by atoms with van der Waals surface area (Å²) in [6.07, 6.45) is 2.65. The first kappa shape index (κ1) is 13.2. The average molecular weight is 280 g/mol. The second-order valence-electron chi connectivity index (χ2n) is 3.72. The maximum absolute atomic E-state index is 5.85. The number of hydrogen-bond donors (Lipinski definition) is 1. The Morgan fingerprint density at radius 2 is 2.00 bits per heavy atom. The summed E-state index contributed by atoms with van der Waals surface area (Å²) < 4.78 is 0. The van der Waals surface area contributed by atoms with Gasteiger partial charge >= 0.3 is 0 Å². The highest BCUT2D eigenvalue weighted by atomic mass is 35.5. The van der Waals surface area contributed by atoms with Crippen molar-refractivity contribution in [1.82, 2.24) is 9.97 Å². The van der Waals surface area contributed by atoms with Crippen LogP contribution >= 0.6 is 23.4 Å². The fourth-order valence-electron chi connectivity index (χ4n) is 1.37. The van der Waals surface area contributed by atoms with Gasteiger partial charge in [-0.1, -0.05) is 30.3 Å². The minimum absolute atomic E-state index is 0.743. The molecule has 0 atom stereocenters. The van der Waals surface area contributed by atoms with E-state index in [0.29, 0.717) is 0 Å². The summed E-state index contributed by atoms with van der Waals surface area (Å²) in [5.41, 5.74) is 0. The van der Waals surface area contributed by atoms with Crippen LogP contribution in [0.5, 0.6) is 0 Å².